The van der Waals surface area contributed by atoms with Crippen LogP contribution in [0, 0.1) is 17.8 Å². The van der Waals surface area contributed by atoms with Gasteiger partial charge in [0.1, 0.15) is 65.8 Å². The van der Waals surface area contributed by atoms with Crippen molar-refractivity contribution in [1.82, 2.24) is 63.4 Å². The maximum Gasteiger partial charge on any atom is 0.325 e. The zero-order valence-corrected chi connectivity index (χ0v) is 51.1. The Kier molecular flexibility index (Phi) is 30.2. The summed E-state index contributed by atoms with van der Waals surface area (Å²) in [5.41, 5.74) is 11.3. The third-order valence-corrected chi connectivity index (χ3v) is 16.8. The molecular weight excluding hydrogens is 1130 g/mol. The average Bonchev–Trinajstić information content (AvgIpc) is 3.77. The number of aliphatic carboxylic acids is 1. The highest BCUT2D eigenvalue weighted by Gasteiger charge is 2.40. The van der Waals surface area contributed by atoms with Crippen molar-refractivity contribution in [3.05, 3.63) is 23.5 Å². The smallest absolute Gasteiger partial charge is 0.325 e. The number of hydrogen-bond acceptors (Lipinski definition) is 17. The van der Waals surface area contributed by atoms with Crippen LogP contribution in [-0.4, -0.2) is 190 Å². The number of unbranched alkanes of at least 4 members (excludes halogenated alkanes) is 1. The first kappa shape index (κ1) is 71.5. The molecule has 0 aromatic heterocycles. The Hall–Kier alpha value is -6.79. The average molecular weight is 1220 g/mol. The van der Waals surface area contributed by atoms with Crippen LogP contribution >= 0.6 is 23.5 Å². The molecule has 0 spiro atoms. The highest BCUT2D eigenvalue weighted by molar-refractivity contribution is 7.99. The zero-order chi connectivity index (χ0) is 63.0. The Labute approximate surface area is 498 Å². The predicted octanol–water partition coefficient (Wildman–Crippen LogP) is -2.80. The van der Waals surface area contributed by atoms with Crippen molar-refractivity contribution in [2.75, 3.05) is 42.6 Å². The number of carbonyl (C=O) groups is 13. The number of nitrogens with one attached hydrogen (secondary N) is 11. The highest BCUT2D eigenvalue weighted by atomic mass is 32.2. The van der Waals surface area contributed by atoms with Crippen molar-refractivity contribution in [3.8, 4) is 0 Å². The van der Waals surface area contributed by atoms with E-state index in [0.717, 1.165) is 23.5 Å². The Morgan fingerprint density at radius 1 is 0.762 bits per heavy atom. The summed E-state index contributed by atoms with van der Waals surface area (Å²) in [6, 6.07) is -13.7. The fourth-order valence-electron chi connectivity index (χ4n) is 8.87. The van der Waals surface area contributed by atoms with Gasteiger partial charge in [-0.3, -0.25) is 62.3 Å². The topological polar surface area (TPSA) is 430 Å². The molecule has 3 fully saturated rings. The fourth-order valence-corrected chi connectivity index (χ4v) is 11.0. The van der Waals surface area contributed by atoms with Gasteiger partial charge in [0, 0.05) is 29.6 Å². The minimum atomic E-state index is -1.57. The number of carbonyl (C=O) groups excluding carboxylic acids is 12. The summed E-state index contributed by atoms with van der Waals surface area (Å²) in [4.78, 5) is 183. The monoisotopic (exact) mass is 1220 g/mol. The molecule has 3 aliphatic rings. The van der Waals surface area contributed by atoms with E-state index in [9.17, 15) is 67.4 Å². The lowest BCUT2D eigenvalue weighted by atomic mass is 9.97. The van der Waals surface area contributed by atoms with Gasteiger partial charge in [0.05, 0.1) is 12.6 Å². The molecule has 0 aromatic rings. The Balaban J connectivity index is 2.28. The van der Waals surface area contributed by atoms with E-state index < -0.39 is 150 Å². The number of rotatable bonds is 19. The molecule has 0 radical (unpaired) electrons. The minimum absolute atomic E-state index is 0.00290. The van der Waals surface area contributed by atoms with Crippen molar-refractivity contribution in [2.45, 2.75) is 174 Å². The number of fused-ring (bicyclic) bond motifs is 7. The predicted molar refractivity (Wildman–Crippen MR) is 314 cm³/mol. The van der Waals surface area contributed by atoms with E-state index in [4.69, 9.17) is 11.5 Å². The summed E-state index contributed by atoms with van der Waals surface area (Å²) in [6.45, 7) is 14.3. The lowest BCUT2D eigenvalue weighted by molar-refractivity contribution is -0.141. The molecule has 0 aromatic carbocycles. The standard InChI is InChI=1S/C54H88N14O14S2/c1-10-28(7)41(56)51(78)60-31(12-3)43(70)64-38-26-84-24-36-47(74)61-32(13-4)53(80)68-20-16-18-39(68)50(77)57-22-40(69)59-35(46(73)62-33(17-14-15-19-55)44(71)58-30(9)54(81)82)23-83-25-37(48(75)63-34(21-27(5)6)45(72)65-36)66-52(79)42(29(8)11-2)67-49(38)76/h12-13,27-30,33-39,41-42H,10-11,14-26,55-56H2,1-9H3,(H,57,77)(H,58,71)(H,59,69)(H,60,78)(H,61,74)(H,62,73)(H,63,75)(H,64,70)(H,65,72)(H,66,79)(H,67,76)(H,81,82)/b31-12-,32-13-/t28-,29?,30-,33-,34-,35-,36-,37?,38+,39-,41-,42-/m0/s1. The van der Waals surface area contributed by atoms with Gasteiger partial charge in [0.25, 0.3) is 11.8 Å². The van der Waals surface area contributed by atoms with Crippen molar-refractivity contribution >= 4 is 100 Å². The van der Waals surface area contributed by atoms with Gasteiger partial charge in [0.2, 0.25) is 59.1 Å². The third kappa shape index (κ3) is 22.0. The van der Waals surface area contributed by atoms with Crippen LogP contribution < -0.4 is 70.0 Å². The van der Waals surface area contributed by atoms with Crippen LogP contribution in [0.5, 0.6) is 0 Å². The van der Waals surface area contributed by atoms with Crippen LogP contribution in [0.15, 0.2) is 23.5 Å². The summed E-state index contributed by atoms with van der Waals surface area (Å²) in [5, 5.41) is 38.0. The number of hydrogen-bond donors (Lipinski definition) is 14. The second-order valence-corrected chi connectivity index (χ2v) is 23.6. The zero-order valence-electron chi connectivity index (χ0n) is 49.4. The second kappa shape index (κ2) is 35.5. The van der Waals surface area contributed by atoms with Crippen molar-refractivity contribution in [2.24, 2.45) is 29.2 Å². The maximum atomic E-state index is 14.7. The number of nitrogens with two attached hydrogens (primary N) is 2. The van der Waals surface area contributed by atoms with Gasteiger partial charge in [-0.25, -0.2) is 0 Å². The second-order valence-electron chi connectivity index (χ2n) is 21.5. The highest BCUT2D eigenvalue weighted by Crippen LogP contribution is 2.21. The van der Waals surface area contributed by atoms with E-state index in [2.05, 4.69) is 58.5 Å². The molecule has 2 unspecified atom stereocenters. The van der Waals surface area contributed by atoms with Crippen LogP contribution in [0.4, 0.5) is 0 Å². The van der Waals surface area contributed by atoms with E-state index in [0.29, 0.717) is 32.1 Å². The van der Waals surface area contributed by atoms with Gasteiger partial charge < -0.3 is 80.0 Å². The molecule has 3 aliphatic heterocycles. The molecule has 0 aliphatic carbocycles. The molecule has 3 rings (SSSR count). The summed E-state index contributed by atoms with van der Waals surface area (Å²) in [7, 11) is 0. The van der Waals surface area contributed by atoms with Crippen molar-refractivity contribution in [1.29, 1.82) is 0 Å². The Morgan fingerprint density at radius 2 is 1.42 bits per heavy atom. The molecule has 12 amide bonds. The molecule has 30 heteroatoms. The molecule has 12 atom stereocenters. The molecule has 84 heavy (non-hydrogen) atoms. The van der Waals surface area contributed by atoms with Gasteiger partial charge >= 0.3 is 5.97 Å². The van der Waals surface area contributed by atoms with Crippen LogP contribution in [-0.2, 0) is 62.3 Å². The maximum absolute atomic E-state index is 14.7. The van der Waals surface area contributed by atoms with E-state index in [1.165, 1.54) is 37.8 Å². The van der Waals surface area contributed by atoms with Crippen LogP contribution in [0.1, 0.15) is 114 Å². The van der Waals surface area contributed by atoms with Gasteiger partial charge in [0.15, 0.2) is 0 Å². The number of nitrogens with zero attached hydrogens (tertiary/aromatic N) is 1. The van der Waals surface area contributed by atoms with E-state index in [-0.39, 0.29) is 78.6 Å². The summed E-state index contributed by atoms with van der Waals surface area (Å²) < 4.78 is 0. The van der Waals surface area contributed by atoms with E-state index in [1.807, 2.05) is 6.92 Å². The lowest BCUT2D eigenvalue weighted by Gasteiger charge is -2.31. The molecule has 28 nitrogen and oxygen atoms in total. The molecule has 470 valence electrons. The van der Waals surface area contributed by atoms with E-state index in [1.54, 1.807) is 34.6 Å². The first-order chi connectivity index (χ1) is 39.7. The summed E-state index contributed by atoms with van der Waals surface area (Å²) >= 11 is 1.79. The van der Waals surface area contributed by atoms with Crippen molar-refractivity contribution < 1.29 is 67.4 Å². The molecule has 3 heterocycles. The van der Waals surface area contributed by atoms with Crippen LogP contribution in [0.2, 0.25) is 0 Å². The van der Waals surface area contributed by atoms with Crippen LogP contribution in [0.25, 0.3) is 0 Å². The number of carboxylic acid groups (broad SMARTS) is 1. The van der Waals surface area contributed by atoms with Gasteiger partial charge in [-0.1, -0.05) is 66.5 Å². The third-order valence-electron chi connectivity index (χ3n) is 14.5. The fraction of sp³-hybridized carbons (Fsp3) is 0.685. The number of carboxylic acids is 1. The molecule has 3 saturated heterocycles. The first-order valence-corrected chi connectivity index (χ1v) is 30.8. The first-order valence-electron chi connectivity index (χ1n) is 28.5. The minimum Gasteiger partial charge on any atom is -0.480 e. The molecular formula is C54H88N14O14S2. The molecule has 0 saturated carbocycles. The van der Waals surface area contributed by atoms with Gasteiger partial charge in [-0.2, -0.15) is 23.5 Å². The van der Waals surface area contributed by atoms with Crippen molar-refractivity contribution in [3.63, 3.8) is 0 Å². The lowest BCUT2D eigenvalue weighted by Crippen LogP contribution is -2.62. The molecule has 2 bridgehead atoms. The van der Waals surface area contributed by atoms with Gasteiger partial charge in [-0.05, 0) is 83.6 Å². The number of allylic oxidation sites excluding steroid dienone is 2. The quantitative estimate of drug-likeness (QED) is 0.0459. The normalized spacial score (nSPS) is 25.4. The Bertz CT molecular complexity index is 2460. The SMILES string of the molecule is C/C=C(\NC(=O)[C@@H](N)[C@@H](C)CC)C(=O)N[C@@H]1CSC[C@@H]2NC(=O)[C@H](CC(C)C)NC(=O)C(CSC[C@@H](C(=O)N[C@@H](CCCCN)C(=O)N[C@@H](C)C(=O)O)NC(=O)CNC(=O)[C@@H]3CCCN3C(=O)/C(=C/C)NC2=O)NC(=O)[C@H](C(C)CC)NC1=O. The summed E-state index contributed by atoms with van der Waals surface area (Å²) in [6.07, 6.45) is 4.70. The van der Waals surface area contributed by atoms with Crippen LogP contribution in [0.3, 0.4) is 0 Å². The van der Waals surface area contributed by atoms with Gasteiger partial charge in [-0.15, -0.1) is 0 Å². The summed E-state index contributed by atoms with van der Waals surface area (Å²) in [5.74, 6) is -14.2. The number of thioether (sulfide) groups is 2. The van der Waals surface area contributed by atoms with E-state index >= 15 is 0 Å². The Morgan fingerprint density at radius 3 is 2.02 bits per heavy atom. The molecule has 16 N–H and O–H groups in total. The largest absolute Gasteiger partial charge is 0.480 e. The number of amides is 12.